The predicted octanol–water partition coefficient (Wildman–Crippen LogP) is 3.64. The molecule has 0 unspecified atom stereocenters. The molecule has 27 heavy (non-hydrogen) atoms. The average molecular weight is 384 g/mol. The van der Waals surface area contributed by atoms with Crippen LogP contribution in [0.1, 0.15) is 10.5 Å². The molecule has 2 aromatic carbocycles. The summed E-state index contributed by atoms with van der Waals surface area (Å²) in [6.07, 6.45) is -0.232. The van der Waals surface area contributed by atoms with Gasteiger partial charge >= 0.3 is 0 Å². The van der Waals surface area contributed by atoms with E-state index in [1.807, 2.05) is 36.4 Å². The summed E-state index contributed by atoms with van der Waals surface area (Å²) < 4.78 is 11.6. The Bertz CT molecular complexity index is 972. The van der Waals surface area contributed by atoms with Gasteiger partial charge in [0.2, 0.25) is 0 Å². The fraction of sp³-hybridized carbons (Fsp3) is 0.200. The second kappa shape index (κ2) is 7.32. The van der Waals surface area contributed by atoms with Crippen molar-refractivity contribution in [2.45, 2.75) is 6.10 Å². The van der Waals surface area contributed by atoms with Crippen LogP contribution < -0.4 is 9.47 Å². The molecule has 1 aromatic heterocycles. The minimum Gasteiger partial charge on any atom is -0.486 e. The Morgan fingerprint density at radius 3 is 2.85 bits per heavy atom. The van der Waals surface area contributed by atoms with Crippen molar-refractivity contribution in [2.24, 2.45) is 0 Å². The molecule has 1 aliphatic heterocycles. The molecule has 2 heterocycles. The number of benzene rings is 2. The Balaban J connectivity index is 1.43. The normalized spacial score (nSPS) is 15.4. The van der Waals surface area contributed by atoms with E-state index in [2.05, 4.69) is 10.2 Å². The van der Waals surface area contributed by atoms with Gasteiger partial charge < -0.3 is 14.4 Å². The Hall–Kier alpha value is -2.99. The molecule has 0 radical (unpaired) electrons. The third-order valence-corrected chi connectivity index (χ3v) is 4.56. The van der Waals surface area contributed by atoms with Crippen LogP contribution in [-0.4, -0.2) is 47.3 Å². The SMILES string of the molecule is CN(C[C@@H]1COc2ccccc2O1)C(=O)c1cc(-c2cccc(Cl)c2)n[nH]1. The van der Waals surface area contributed by atoms with Gasteiger partial charge in [-0.15, -0.1) is 0 Å². The summed E-state index contributed by atoms with van der Waals surface area (Å²) in [4.78, 5) is 14.3. The number of aromatic amines is 1. The topological polar surface area (TPSA) is 67.5 Å². The fourth-order valence-corrected chi connectivity index (χ4v) is 3.16. The number of rotatable bonds is 4. The minimum atomic E-state index is -0.232. The highest BCUT2D eigenvalue weighted by Crippen LogP contribution is 2.31. The van der Waals surface area contributed by atoms with Crippen molar-refractivity contribution in [2.75, 3.05) is 20.2 Å². The van der Waals surface area contributed by atoms with E-state index < -0.39 is 0 Å². The third kappa shape index (κ3) is 3.75. The molecule has 138 valence electrons. The van der Waals surface area contributed by atoms with Crippen LogP contribution in [0.3, 0.4) is 0 Å². The predicted molar refractivity (Wildman–Crippen MR) is 102 cm³/mol. The number of aromatic nitrogens is 2. The van der Waals surface area contributed by atoms with Gasteiger partial charge in [0.1, 0.15) is 12.3 Å². The number of amides is 1. The lowest BCUT2D eigenvalue weighted by Crippen LogP contribution is -2.41. The summed E-state index contributed by atoms with van der Waals surface area (Å²) in [6, 6.07) is 16.6. The van der Waals surface area contributed by atoms with Gasteiger partial charge in [-0.2, -0.15) is 5.10 Å². The first kappa shape index (κ1) is 17.4. The van der Waals surface area contributed by atoms with Crippen molar-refractivity contribution < 1.29 is 14.3 Å². The molecular formula is C20H18ClN3O3. The summed E-state index contributed by atoms with van der Waals surface area (Å²) in [5, 5.41) is 7.64. The van der Waals surface area contributed by atoms with Gasteiger partial charge in [0.15, 0.2) is 17.6 Å². The second-order valence-corrected chi connectivity index (χ2v) is 6.80. The van der Waals surface area contributed by atoms with Gasteiger partial charge in [-0.1, -0.05) is 35.9 Å². The monoisotopic (exact) mass is 383 g/mol. The molecule has 1 atom stereocenters. The number of nitrogens with one attached hydrogen (secondary N) is 1. The first-order chi connectivity index (χ1) is 13.1. The van der Waals surface area contributed by atoms with Crippen molar-refractivity contribution in [1.29, 1.82) is 0 Å². The molecule has 0 spiro atoms. The van der Waals surface area contributed by atoms with Crippen LogP contribution in [0, 0.1) is 0 Å². The van der Waals surface area contributed by atoms with E-state index in [0.29, 0.717) is 35.3 Å². The van der Waals surface area contributed by atoms with E-state index in [-0.39, 0.29) is 12.0 Å². The van der Waals surface area contributed by atoms with E-state index in [1.165, 1.54) is 0 Å². The van der Waals surface area contributed by atoms with Gasteiger partial charge in [0.05, 0.1) is 12.2 Å². The van der Waals surface area contributed by atoms with E-state index >= 15 is 0 Å². The molecule has 0 bridgehead atoms. The number of hydrogen-bond donors (Lipinski definition) is 1. The van der Waals surface area contributed by atoms with Crippen molar-refractivity contribution in [3.05, 3.63) is 65.3 Å². The molecule has 1 amide bonds. The van der Waals surface area contributed by atoms with Crippen LogP contribution in [-0.2, 0) is 0 Å². The van der Waals surface area contributed by atoms with Crippen LogP contribution in [0.5, 0.6) is 11.5 Å². The Morgan fingerprint density at radius 2 is 2.04 bits per heavy atom. The molecule has 6 nitrogen and oxygen atoms in total. The molecule has 0 saturated carbocycles. The smallest absolute Gasteiger partial charge is 0.271 e. The Morgan fingerprint density at radius 1 is 1.22 bits per heavy atom. The quantitative estimate of drug-likeness (QED) is 0.746. The lowest BCUT2D eigenvalue weighted by molar-refractivity contribution is 0.0517. The minimum absolute atomic E-state index is 0.168. The number of ether oxygens (including phenoxy) is 2. The molecule has 1 N–H and O–H groups in total. The summed E-state index contributed by atoms with van der Waals surface area (Å²) in [6.45, 7) is 0.796. The van der Waals surface area contributed by atoms with Crippen molar-refractivity contribution in [3.63, 3.8) is 0 Å². The summed E-state index contributed by atoms with van der Waals surface area (Å²) >= 11 is 6.02. The Kier molecular flexibility index (Phi) is 4.73. The highest BCUT2D eigenvalue weighted by atomic mass is 35.5. The molecule has 0 fully saturated rings. The van der Waals surface area contributed by atoms with Crippen LogP contribution in [0.2, 0.25) is 5.02 Å². The number of carbonyl (C=O) groups is 1. The van der Waals surface area contributed by atoms with Crippen LogP contribution in [0.4, 0.5) is 0 Å². The molecule has 7 heteroatoms. The molecule has 1 aliphatic rings. The number of carbonyl (C=O) groups excluding carboxylic acids is 1. The summed E-state index contributed by atoms with van der Waals surface area (Å²) in [7, 11) is 1.73. The van der Waals surface area contributed by atoms with Crippen molar-refractivity contribution in [3.8, 4) is 22.8 Å². The maximum atomic E-state index is 12.7. The maximum absolute atomic E-state index is 12.7. The van der Waals surface area contributed by atoms with Crippen LogP contribution in [0.25, 0.3) is 11.3 Å². The van der Waals surface area contributed by atoms with Gasteiger partial charge in [0.25, 0.3) is 5.91 Å². The third-order valence-electron chi connectivity index (χ3n) is 4.32. The zero-order chi connectivity index (χ0) is 18.8. The number of halogens is 1. The van der Waals surface area contributed by atoms with Crippen LogP contribution in [0.15, 0.2) is 54.6 Å². The number of nitrogens with zero attached hydrogens (tertiary/aromatic N) is 2. The van der Waals surface area contributed by atoms with Crippen molar-refractivity contribution >= 4 is 17.5 Å². The van der Waals surface area contributed by atoms with E-state index in [0.717, 1.165) is 11.3 Å². The second-order valence-electron chi connectivity index (χ2n) is 6.36. The fourth-order valence-electron chi connectivity index (χ4n) is 2.97. The number of likely N-dealkylation sites (N-methyl/N-ethyl adjacent to an activating group) is 1. The number of H-pyrrole nitrogens is 1. The first-order valence-electron chi connectivity index (χ1n) is 8.55. The maximum Gasteiger partial charge on any atom is 0.271 e. The molecule has 3 aromatic rings. The number of para-hydroxylation sites is 2. The van der Waals surface area contributed by atoms with E-state index in [9.17, 15) is 4.79 Å². The summed E-state index contributed by atoms with van der Waals surface area (Å²) in [5.41, 5.74) is 1.92. The van der Waals surface area contributed by atoms with Crippen LogP contribution >= 0.6 is 11.6 Å². The van der Waals surface area contributed by atoms with Gasteiger partial charge in [0, 0.05) is 17.6 Å². The van der Waals surface area contributed by atoms with E-state index in [4.69, 9.17) is 21.1 Å². The largest absolute Gasteiger partial charge is 0.486 e. The summed E-state index contributed by atoms with van der Waals surface area (Å²) in [5.74, 6) is 1.25. The zero-order valence-electron chi connectivity index (χ0n) is 14.7. The number of hydrogen-bond acceptors (Lipinski definition) is 4. The van der Waals surface area contributed by atoms with Gasteiger partial charge in [-0.25, -0.2) is 0 Å². The molecular weight excluding hydrogens is 366 g/mol. The standard InChI is InChI=1S/C20H18ClN3O3/c1-24(11-15-12-26-18-7-2-3-8-19(18)27-15)20(25)17-10-16(22-23-17)13-5-4-6-14(21)9-13/h2-10,15H,11-12H2,1H3,(H,22,23)/t15-/m1/s1. The first-order valence-corrected chi connectivity index (χ1v) is 8.93. The lowest BCUT2D eigenvalue weighted by Gasteiger charge is -2.29. The Labute approximate surface area is 161 Å². The highest BCUT2D eigenvalue weighted by molar-refractivity contribution is 6.30. The highest BCUT2D eigenvalue weighted by Gasteiger charge is 2.25. The zero-order valence-corrected chi connectivity index (χ0v) is 15.4. The molecule has 0 saturated heterocycles. The number of fused-ring (bicyclic) bond motifs is 1. The lowest BCUT2D eigenvalue weighted by atomic mass is 10.1. The molecule has 4 rings (SSSR count). The van der Waals surface area contributed by atoms with Gasteiger partial charge in [-0.3, -0.25) is 9.89 Å². The van der Waals surface area contributed by atoms with Crippen molar-refractivity contribution in [1.82, 2.24) is 15.1 Å². The molecule has 0 aliphatic carbocycles. The van der Waals surface area contributed by atoms with E-state index in [1.54, 1.807) is 30.1 Å². The average Bonchev–Trinajstić information content (AvgIpc) is 3.17. The van der Waals surface area contributed by atoms with Gasteiger partial charge in [-0.05, 0) is 30.3 Å².